The van der Waals surface area contributed by atoms with E-state index in [4.69, 9.17) is 9.15 Å². The first-order valence-electron chi connectivity index (χ1n) is 6.10. The second kappa shape index (κ2) is 5.80. The molecule has 1 aliphatic rings. The lowest BCUT2D eigenvalue weighted by Crippen LogP contribution is -2.29. The van der Waals surface area contributed by atoms with Gasteiger partial charge in [0.1, 0.15) is 16.9 Å². The van der Waals surface area contributed by atoms with Crippen molar-refractivity contribution in [1.82, 2.24) is 4.90 Å². The van der Waals surface area contributed by atoms with Crippen LogP contribution in [0.2, 0.25) is 0 Å². The summed E-state index contributed by atoms with van der Waals surface area (Å²) in [7, 11) is 1.68. The average Bonchev–Trinajstić information content (AvgIpc) is 2.85. The molecular weight excluding hydrogens is 250 g/mol. The van der Waals surface area contributed by atoms with Crippen LogP contribution in [0.25, 0.3) is 0 Å². The van der Waals surface area contributed by atoms with Gasteiger partial charge in [-0.2, -0.15) is 0 Å². The minimum atomic E-state index is 0.0294. The lowest BCUT2D eigenvalue weighted by molar-refractivity contribution is -0.128. The molecule has 4 nitrogen and oxygen atoms in total. The van der Waals surface area contributed by atoms with Gasteiger partial charge >= 0.3 is 0 Å². The van der Waals surface area contributed by atoms with E-state index in [1.54, 1.807) is 18.9 Å². The Morgan fingerprint density at radius 3 is 2.94 bits per heavy atom. The van der Waals surface area contributed by atoms with Gasteiger partial charge in [0, 0.05) is 20.3 Å². The zero-order chi connectivity index (χ0) is 13.1. The minimum Gasteiger partial charge on any atom is -0.463 e. The molecule has 1 fully saturated rings. The molecule has 1 atom stereocenters. The summed E-state index contributed by atoms with van der Waals surface area (Å²) >= 11 is 1.63. The molecule has 0 bridgehead atoms. The molecule has 1 aliphatic heterocycles. The number of rotatable bonds is 5. The van der Waals surface area contributed by atoms with E-state index in [1.807, 2.05) is 24.8 Å². The van der Waals surface area contributed by atoms with Crippen LogP contribution in [0.4, 0.5) is 0 Å². The maximum absolute atomic E-state index is 11.9. The average molecular weight is 269 g/mol. The fraction of sp³-hybridized carbons (Fsp3) is 0.615. The van der Waals surface area contributed by atoms with Crippen molar-refractivity contribution in [2.24, 2.45) is 0 Å². The predicted molar refractivity (Wildman–Crippen MR) is 71.6 cm³/mol. The van der Waals surface area contributed by atoms with Crippen LogP contribution >= 0.6 is 11.8 Å². The van der Waals surface area contributed by atoms with Gasteiger partial charge in [0.05, 0.1) is 5.75 Å². The second-order valence-electron chi connectivity index (χ2n) is 4.48. The Bertz CT molecular complexity index is 410. The van der Waals surface area contributed by atoms with Crippen LogP contribution < -0.4 is 0 Å². The van der Waals surface area contributed by atoms with Gasteiger partial charge in [-0.1, -0.05) is 0 Å². The van der Waals surface area contributed by atoms with E-state index < -0.39 is 0 Å². The Morgan fingerprint density at radius 1 is 1.56 bits per heavy atom. The molecule has 5 heteroatoms. The van der Waals surface area contributed by atoms with Crippen LogP contribution in [-0.2, 0) is 9.53 Å². The van der Waals surface area contributed by atoms with Crippen molar-refractivity contribution in [2.75, 3.05) is 26.0 Å². The van der Waals surface area contributed by atoms with Crippen molar-refractivity contribution in [1.29, 1.82) is 0 Å². The lowest BCUT2D eigenvalue weighted by atomic mass is 10.2. The number of ether oxygens (including phenoxy) is 1. The molecule has 0 N–H and O–H groups in total. The SMILES string of the molecule is COCCCN1C(=O)CSC1c1cc(C)c(C)o1. The van der Waals surface area contributed by atoms with Crippen LogP contribution in [-0.4, -0.2) is 36.8 Å². The number of carbonyl (C=O) groups is 1. The van der Waals surface area contributed by atoms with Gasteiger partial charge in [-0.05, 0) is 31.9 Å². The Balaban J connectivity index is 2.08. The summed E-state index contributed by atoms with van der Waals surface area (Å²) in [5.74, 6) is 2.55. The zero-order valence-electron chi connectivity index (χ0n) is 11.1. The molecule has 1 unspecified atom stereocenters. The largest absolute Gasteiger partial charge is 0.463 e. The first kappa shape index (κ1) is 13.5. The molecule has 1 saturated heterocycles. The predicted octanol–water partition coefficient (Wildman–Crippen LogP) is 2.51. The van der Waals surface area contributed by atoms with Crippen LogP contribution in [0.15, 0.2) is 10.5 Å². The summed E-state index contributed by atoms with van der Waals surface area (Å²) in [5.41, 5.74) is 1.14. The number of methoxy groups -OCH3 is 1. The molecule has 1 aromatic heterocycles. The normalized spacial score (nSPS) is 19.8. The highest BCUT2D eigenvalue weighted by Crippen LogP contribution is 2.39. The highest BCUT2D eigenvalue weighted by Gasteiger charge is 2.34. The van der Waals surface area contributed by atoms with Crippen LogP contribution in [0, 0.1) is 13.8 Å². The van der Waals surface area contributed by atoms with Gasteiger partial charge in [-0.3, -0.25) is 4.79 Å². The summed E-state index contributed by atoms with van der Waals surface area (Å²) < 4.78 is 10.8. The molecule has 1 aromatic rings. The van der Waals surface area contributed by atoms with Crippen LogP contribution in [0.3, 0.4) is 0 Å². The molecule has 0 aliphatic carbocycles. The van der Waals surface area contributed by atoms with Gasteiger partial charge < -0.3 is 14.1 Å². The summed E-state index contributed by atoms with van der Waals surface area (Å²) in [6.07, 6.45) is 0.859. The van der Waals surface area contributed by atoms with Crippen molar-refractivity contribution in [3.05, 3.63) is 23.2 Å². The molecule has 2 heterocycles. The molecule has 0 spiro atoms. The topological polar surface area (TPSA) is 42.7 Å². The van der Waals surface area contributed by atoms with E-state index in [0.717, 1.165) is 30.0 Å². The second-order valence-corrected chi connectivity index (χ2v) is 5.55. The van der Waals surface area contributed by atoms with E-state index >= 15 is 0 Å². The van der Waals surface area contributed by atoms with Crippen molar-refractivity contribution < 1.29 is 13.9 Å². The number of aryl methyl sites for hydroxylation is 2. The summed E-state index contributed by atoms with van der Waals surface area (Å²) in [5, 5.41) is 0.0294. The molecular formula is C13H19NO3S. The van der Waals surface area contributed by atoms with Crippen LogP contribution in [0.5, 0.6) is 0 Å². The first-order valence-corrected chi connectivity index (χ1v) is 7.15. The third-order valence-corrected chi connectivity index (χ3v) is 4.36. The summed E-state index contributed by atoms with van der Waals surface area (Å²) in [6, 6.07) is 2.04. The van der Waals surface area contributed by atoms with Crippen LogP contribution in [0.1, 0.15) is 28.9 Å². The van der Waals surface area contributed by atoms with Gasteiger partial charge in [0.25, 0.3) is 0 Å². The lowest BCUT2D eigenvalue weighted by Gasteiger charge is -2.22. The minimum absolute atomic E-state index is 0.0294. The Hall–Kier alpha value is -0.940. The third kappa shape index (κ3) is 2.72. The number of amides is 1. The number of thioether (sulfide) groups is 1. The number of hydrogen-bond donors (Lipinski definition) is 0. The van der Waals surface area contributed by atoms with E-state index in [1.165, 1.54) is 0 Å². The Labute approximate surface area is 112 Å². The fourth-order valence-electron chi connectivity index (χ4n) is 2.03. The molecule has 1 amide bonds. The molecule has 2 rings (SSSR count). The third-order valence-electron chi connectivity index (χ3n) is 3.14. The van der Waals surface area contributed by atoms with Gasteiger partial charge in [0.15, 0.2) is 0 Å². The Morgan fingerprint density at radius 2 is 2.33 bits per heavy atom. The van der Waals surface area contributed by atoms with Gasteiger partial charge in [0.2, 0.25) is 5.91 Å². The van der Waals surface area contributed by atoms with E-state index in [0.29, 0.717) is 12.4 Å². The number of hydrogen-bond acceptors (Lipinski definition) is 4. The van der Waals surface area contributed by atoms with E-state index in [2.05, 4.69) is 0 Å². The highest BCUT2D eigenvalue weighted by molar-refractivity contribution is 8.00. The zero-order valence-corrected chi connectivity index (χ0v) is 11.9. The van der Waals surface area contributed by atoms with Crippen molar-refractivity contribution in [3.63, 3.8) is 0 Å². The molecule has 0 aromatic carbocycles. The number of carbonyl (C=O) groups excluding carboxylic acids is 1. The molecule has 100 valence electrons. The molecule has 18 heavy (non-hydrogen) atoms. The van der Waals surface area contributed by atoms with Crippen molar-refractivity contribution >= 4 is 17.7 Å². The maximum Gasteiger partial charge on any atom is 0.233 e. The first-order chi connectivity index (χ1) is 8.63. The monoisotopic (exact) mass is 269 g/mol. The van der Waals surface area contributed by atoms with Crippen molar-refractivity contribution in [3.8, 4) is 0 Å². The maximum atomic E-state index is 11.9. The summed E-state index contributed by atoms with van der Waals surface area (Å²) in [6.45, 7) is 5.38. The van der Waals surface area contributed by atoms with Gasteiger partial charge in [-0.25, -0.2) is 0 Å². The number of nitrogens with zero attached hydrogens (tertiary/aromatic N) is 1. The fourth-order valence-corrected chi connectivity index (χ4v) is 3.18. The molecule has 0 saturated carbocycles. The standard InChI is InChI=1S/C13H19NO3S/c1-9-7-11(17-10(9)2)13-14(5-4-6-16-3)12(15)8-18-13/h7,13H,4-6,8H2,1-3H3. The quantitative estimate of drug-likeness (QED) is 0.770. The highest BCUT2D eigenvalue weighted by atomic mass is 32.2. The van der Waals surface area contributed by atoms with Crippen molar-refractivity contribution in [2.45, 2.75) is 25.6 Å². The Kier molecular flexibility index (Phi) is 4.35. The van der Waals surface area contributed by atoms with E-state index in [-0.39, 0.29) is 11.3 Å². The number of furan rings is 1. The summed E-state index contributed by atoms with van der Waals surface area (Å²) in [4.78, 5) is 13.8. The van der Waals surface area contributed by atoms with E-state index in [9.17, 15) is 4.79 Å². The van der Waals surface area contributed by atoms with Gasteiger partial charge in [-0.15, -0.1) is 11.8 Å². The molecule has 0 radical (unpaired) electrons. The smallest absolute Gasteiger partial charge is 0.233 e.